The number of thiophene rings is 1. The van der Waals surface area contributed by atoms with E-state index in [1.54, 1.807) is 6.20 Å². The number of pyridine rings is 1. The number of rotatable bonds is 10. The van der Waals surface area contributed by atoms with Crippen LogP contribution in [-0.2, 0) is 41.8 Å². The van der Waals surface area contributed by atoms with E-state index in [9.17, 15) is 14.9 Å². The summed E-state index contributed by atoms with van der Waals surface area (Å²) in [5, 5.41) is 12.5. The maximum Gasteiger partial charge on any atom is 0.407 e. The standard InChI is InChI=1S/C28H29N3O4S/c1-2-34-25-9-4-3-7-19(25)10-11-21(32)15-26-24(17-29)23-13-12-22(16-27(23)36-26)35-28(33)31-18-20-8-5-6-14-30-20/h3-9,14,22H,2,10-13,15-16,18H2,1H3,(H,31,33). The summed E-state index contributed by atoms with van der Waals surface area (Å²) in [5.41, 5.74) is 3.39. The molecule has 0 bridgehead atoms. The molecule has 36 heavy (non-hydrogen) atoms. The number of ether oxygens (including phenoxy) is 2. The number of alkyl carbamates (subject to hydrolysis) is 1. The van der Waals surface area contributed by atoms with Crippen molar-refractivity contribution in [1.82, 2.24) is 10.3 Å². The molecule has 1 N–H and O–H groups in total. The van der Waals surface area contributed by atoms with Gasteiger partial charge in [-0.15, -0.1) is 11.3 Å². The van der Waals surface area contributed by atoms with E-state index in [1.807, 2.05) is 49.4 Å². The van der Waals surface area contributed by atoms with Crippen LogP contribution in [0.5, 0.6) is 5.75 Å². The molecule has 7 nitrogen and oxygen atoms in total. The van der Waals surface area contributed by atoms with Crippen LogP contribution in [0.2, 0.25) is 0 Å². The highest BCUT2D eigenvalue weighted by molar-refractivity contribution is 7.12. The number of nitriles is 1. The molecule has 0 fully saturated rings. The Morgan fingerprint density at radius 2 is 2.06 bits per heavy atom. The predicted molar refractivity (Wildman–Crippen MR) is 137 cm³/mol. The van der Waals surface area contributed by atoms with Crippen molar-refractivity contribution in [3.8, 4) is 11.8 Å². The lowest BCUT2D eigenvalue weighted by molar-refractivity contribution is -0.118. The number of ketones is 1. The van der Waals surface area contributed by atoms with E-state index in [4.69, 9.17) is 9.47 Å². The number of nitrogens with one attached hydrogen (secondary N) is 1. The minimum atomic E-state index is -0.478. The summed E-state index contributed by atoms with van der Waals surface area (Å²) in [4.78, 5) is 31.1. The fourth-order valence-corrected chi connectivity index (χ4v) is 5.77. The lowest BCUT2D eigenvalue weighted by atomic mass is 9.92. The zero-order chi connectivity index (χ0) is 25.3. The largest absolute Gasteiger partial charge is 0.494 e. The van der Waals surface area contributed by atoms with Crippen LogP contribution >= 0.6 is 11.3 Å². The average molecular weight is 504 g/mol. The maximum atomic E-state index is 12.8. The van der Waals surface area contributed by atoms with E-state index in [0.717, 1.165) is 32.3 Å². The van der Waals surface area contributed by atoms with Crippen molar-refractivity contribution >= 4 is 23.2 Å². The van der Waals surface area contributed by atoms with Crippen LogP contribution in [0.15, 0.2) is 48.7 Å². The molecule has 0 aliphatic heterocycles. The minimum absolute atomic E-state index is 0.0955. The van der Waals surface area contributed by atoms with Gasteiger partial charge < -0.3 is 14.8 Å². The Hall–Kier alpha value is -3.70. The van der Waals surface area contributed by atoms with Gasteiger partial charge in [0.2, 0.25) is 0 Å². The molecule has 1 aliphatic rings. The second kappa shape index (κ2) is 12.3. The van der Waals surface area contributed by atoms with Crippen LogP contribution in [-0.4, -0.2) is 29.6 Å². The summed E-state index contributed by atoms with van der Waals surface area (Å²) >= 11 is 1.50. The number of para-hydroxylation sites is 1. The van der Waals surface area contributed by atoms with Crippen LogP contribution < -0.4 is 10.1 Å². The van der Waals surface area contributed by atoms with Crippen molar-refractivity contribution in [1.29, 1.82) is 5.26 Å². The Balaban J connectivity index is 1.33. The average Bonchev–Trinajstić information content (AvgIpc) is 3.23. The highest BCUT2D eigenvalue weighted by Crippen LogP contribution is 2.35. The van der Waals surface area contributed by atoms with Gasteiger partial charge in [-0.05, 0) is 55.5 Å². The van der Waals surface area contributed by atoms with Gasteiger partial charge in [-0.2, -0.15) is 5.26 Å². The van der Waals surface area contributed by atoms with E-state index >= 15 is 0 Å². The maximum absolute atomic E-state index is 12.8. The number of amides is 1. The predicted octanol–water partition coefficient (Wildman–Crippen LogP) is 4.94. The fourth-order valence-electron chi connectivity index (χ4n) is 4.37. The Bertz CT molecular complexity index is 1250. The Labute approximate surface area is 215 Å². The Morgan fingerprint density at radius 1 is 1.22 bits per heavy atom. The normalized spacial score (nSPS) is 14.4. The van der Waals surface area contributed by atoms with Gasteiger partial charge >= 0.3 is 6.09 Å². The third-order valence-electron chi connectivity index (χ3n) is 6.12. The van der Waals surface area contributed by atoms with E-state index in [0.29, 0.717) is 50.8 Å². The molecule has 1 aliphatic carbocycles. The lowest BCUT2D eigenvalue weighted by Crippen LogP contribution is -2.31. The topological polar surface area (TPSA) is 101 Å². The van der Waals surface area contributed by atoms with Crippen molar-refractivity contribution in [3.05, 3.63) is 80.8 Å². The van der Waals surface area contributed by atoms with Crippen LogP contribution in [0, 0.1) is 11.3 Å². The zero-order valence-corrected chi connectivity index (χ0v) is 21.1. The van der Waals surface area contributed by atoms with Gasteiger partial charge in [0.25, 0.3) is 0 Å². The first-order valence-electron chi connectivity index (χ1n) is 12.2. The van der Waals surface area contributed by atoms with E-state index in [-0.39, 0.29) is 18.3 Å². The summed E-state index contributed by atoms with van der Waals surface area (Å²) in [6.45, 7) is 2.82. The second-order valence-corrected chi connectivity index (χ2v) is 9.80. The smallest absolute Gasteiger partial charge is 0.407 e. The molecular formula is C28H29N3O4S. The van der Waals surface area contributed by atoms with Crippen LogP contribution in [0.25, 0.3) is 0 Å². The Kier molecular flexibility index (Phi) is 8.69. The minimum Gasteiger partial charge on any atom is -0.494 e. The number of aryl methyl sites for hydroxylation is 1. The summed E-state index contributed by atoms with van der Waals surface area (Å²) < 4.78 is 11.3. The first kappa shape index (κ1) is 25.4. The van der Waals surface area contributed by atoms with Gasteiger partial charge in [0.1, 0.15) is 23.7 Å². The number of Topliss-reactive ketones (excluding diaryl/α,β-unsaturated/α-hetero) is 1. The van der Waals surface area contributed by atoms with Crippen LogP contribution in [0.1, 0.15) is 51.9 Å². The second-order valence-electron chi connectivity index (χ2n) is 8.61. The molecule has 1 atom stereocenters. The van der Waals surface area contributed by atoms with Crippen molar-refractivity contribution in [2.45, 2.75) is 58.1 Å². The number of carbonyl (C=O) groups is 2. The van der Waals surface area contributed by atoms with Gasteiger partial charge in [0.15, 0.2) is 0 Å². The molecule has 2 aromatic heterocycles. The molecule has 0 radical (unpaired) electrons. The molecule has 4 rings (SSSR count). The van der Waals surface area contributed by atoms with Crippen molar-refractivity contribution in [2.75, 3.05) is 6.61 Å². The highest BCUT2D eigenvalue weighted by Gasteiger charge is 2.28. The first-order chi connectivity index (χ1) is 17.6. The molecule has 186 valence electrons. The Morgan fingerprint density at radius 3 is 2.83 bits per heavy atom. The first-order valence-corrected chi connectivity index (χ1v) is 13.0. The van der Waals surface area contributed by atoms with E-state index in [1.165, 1.54) is 11.3 Å². The summed E-state index contributed by atoms with van der Waals surface area (Å²) in [7, 11) is 0. The lowest BCUT2D eigenvalue weighted by Gasteiger charge is -2.22. The van der Waals surface area contributed by atoms with Gasteiger partial charge in [-0.3, -0.25) is 9.78 Å². The molecule has 3 aromatic rings. The summed E-state index contributed by atoms with van der Waals surface area (Å²) in [6, 6.07) is 15.6. The van der Waals surface area contributed by atoms with Gasteiger partial charge in [-0.25, -0.2) is 4.79 Å². The molecule has 0 spiro atoms. The molecule has 1 aromatic carbocycles. The molecule has 0 saturated heterocycles. The third kappa shape index (κ3) is 6.49. The number of aromatic nitrogens is 1. The van der Waals surface area contributed by atoms with E-state index in [2.05, 4.69) is 16.4 Å². The molecule has 1 unspecified atom stereocenters. The highest BCUT2D eigenvalue weighted by atomic mass is 32.1. The number of hydrogen-bond donors (Lipinski definition) is 1. The third-order valence-corrected chi connectivity index (χ3v) is 7.38. The van der Waals surface area contributed by atoms with Crippen molar-refractivity contribution in [3.63, 3.8) is 0 Å². The zero-order valence-electron chi connectivity index (χ0n) is 20.3. The molecule has 1 amide bonds. The number of hydrogen-bond acceptors (Lipinski definition) is 7. The monoisotopic (exact) mass is 503 g/mol. The summed E-state index contributed by atoms with van der Waals surface area (Å²) in [6.07, 6.45) is 4.04. The SMILES string of the molecule is CCOc1ccccc1CCC(=O)Cc1sc2c(c1C#N)CCC(OC(=O)NCc1ccccn1)C2. The molecular weight excluding hydrogens is 474 g/mol. The number of fused-ring (bicyclic) bond motifs is 1. The van der Waals surface area contributed by atoms with E-state index < -0.39 is 6.09 Å². The van der Waals surface area contributed by atoms with Gasteiger partial charge in [-0.1, -0.05) is 24.3 Å². The quantitative estimate of drug-likeness (QED) is 0.420. The number of nitrogens with zero attached hydrogens (tertiary/aromatic N) is 2. The van der Waals surface area contributed by atoms with Crippen molar-refractivity contribution in [2.24, 2.45) is 0 Å². The fraction of sp³-hybridized carbons (Fsp3) is 0.357. The summed E-state index contributed by atoms with van der Waals surface area (Å²) in [5.74, 6) is 0.908. The van der Waals surface area contributed by atoms with Crippen LogP contribution in [0.4, 0.5) is 4.79 Å². The molecule has 0 saturated carbocycles. The molecule has 8 heteroatoms. The van der Waals surface area contributed by atoms with Gasteiger partial charge in [0.05, 0.1) is 24.4 Å². The molecule has 2 heterocycles. The van der Waals surface area contributed by atoms with Gasteiger partial charge in [0, 0.05) is 35.2 Å². The number of carbonyl (C=O) groups excluding carboxylic acids is 2. The number of benzene rings is 1. The van der Waals surface area contributed by atoms with Crippen LogP contribution in [0.3, 0.4) is 0 Å². The van der Waals surface area contributed by atoms with Crippen molar-refractivity contribution < 1.29 is 19.1 Å².